The molecule has 3 N–H and O–H groups in total. The van der Waals surface area contributed by atoms with Gasteiger partial charge >= 0.3 is 11.6 Å². The number of nitrogens with zero attached hydrogens (tertiary/aromatic N) is 1. The molecule has 2 heterocycles. The highest BCUT2D eigenvalue weighted by atomic mass is 28.4. The summed E-state index contributed by atoms with van der Waals surface area (Å²) in [4.78, 5) is 25.6. The van der Waals surface area contributed by atoms with E-state index in [1.54, 1.807) is 0 Å². The summed E-state index contributed by atoms with van der Waals surface area (Å²) < 4.78 is 43.5. The number of aliphatic hydroxyl groups excluding tert-OH is 2. The van der Waals surface area contributed by atoms with Gasteiger partial charge in [-0.25, -0.2) is 4.79 Å². The van der Waals surface area contributed by atoms with Crippen molar-refractivity contribution in [1.82, 2.24) is 9.55 Å². The van der Waals surface area contributed by atoms with Crippen molar-refractivity contribution in [3.8, 4) is 0 Å². The number of aromatic nitrogens is 2. The second-order valence-electron chi connectivity index (χ2n) is 10.2. The zero-order valence-electron chi connectivity index (χ0n) is 20.7. The number of hydrogen-bond acceptors (Lipinski definition) is 6. The van der Waals surface area contributed by atoms with E-state index in [0.29, 0.717) is 4.57 Å². The van der Waals surface area contributed by atoms with Crippen LogP contribution in [-0.4, -0.2) is 58.9 Å². The third-order valence-electron chi connectivity index (χ3n) is 6.86. The summed E-state index contributed by atoms with van der Waals surface area (Å²) in [7, 11) is -3.24. The molecular weight excluding hydrogens is 502 g/mol. The van der Waals surface area contributed by atoms with Gasteiger partial charge in [-0.05, 0) is 15.4 Å². The first-order chi connectivity index (χ1) is 17.4. The molecule has 37 heavy (non-hydrogen) atoms. The van der Waals surface area contributed by atoms with Crippen LogP contribution in [0.25, 0.3) is 0 Å². The minimum Gasteiger partial charge on any atom is -0.404 e. The van der Waals surface area contributed by atoms with Gasteiger partial charge in [-0.2, -0.15) is 8.78 Å². The standard InChI is InChI=1S/C26H30F2N2O6Si/c1-24(2,3)37(18-10-6-4-7-11-18,19-12-8-5-9-13-19)35-17-25(16-31)21(33)26(27,28)22(36-25)30-15-14-20(32)29-23(30)34/h4-15,21-22,31,33H,16-17H2,1-3H3,(H,29,32,34)/t21-,22-,25-/m1/s1. The third-order valence-corrected chi connectivity index (χ3v) is 11.8. The van der Waals surface area contributed by atoms with Crippen molar-refractivity contribution in [3.05, 3.63) is 93.8 Å². The topological polar surface area (TPSA) is 114 Å². The number of alkyl halides is 2. The van der Waals surface area contributed by atoms with E-state index in [9.17, 15) is 19.8 Å². The van der Waals surface area contributed by atoms with Crippen LogP contribution in [-0.2, 0) is 9.16 Å². The van der Waals surface area contributed by atoms with Crippen LogP contribution in [0.5, 0.6) is 0 Å². The molecule has 1 aromatic heterocycles. The number of aliphatic hydroxyl groups is 2. The number of halogens is 2. The van der Waals surface area contributed by atoms with Crippen molar-refractivity contribution < 1.29 is 28.2 Å². The Morgan fingerprint density at radius 1 is 1.03 bits per heavy atom. The van der Waals surface area contributed by atoms with Crippen LogP contribution in [0.2, 0.25) is 5.04 Å². The molecule has 2 aromatic carbocycles. The Morgan fingerprint density at radius 2 is 1.57 bits per heavy atom. The van der Waals surface area contributed by atoms with Crippen LogP contribution in [0.3, 0.4) is 0 Å². The van der Waals surface area contributed by atoms with Gasteiger partial charge in [0.15, 0.2) is 6.10 Å². The van der Waals surface area contributed by atoms with E-state index >= 15 is 8.78 Å². The minimum absolute atomic E-state index is 0.491. The predicted molar refractivity (Wildman–Crippen MR) is 136 cm³/mol. The Balaban J connectivity index is 1.80. The molecule has 11 heteroatoms. The lowest BCUT2D eigenvalue weighted by Gasteiger charge is -2.45. The van der Waals surface area contributed by atoms with Crippen LogP contribution in [0.1, 0.15) is 27.0 Å². The van der Waals surface area contributed by atoms with E-state index in [0.717, 1.165) is 22.6 Å². The second-order valence-corrected chi connectivity index (χ2v) is 14.5. The Labute approximate surface area is 213 Å². The highest BCUT2D eigenvalue weighted by Crippen LogP contribution is 2.48. The molecular formula is C26H30F2N2O6Si. The molecule has 1 aliphatic rings. The molecule has 1 aliphatic heterocycles. The Morgan fingerprint density at radius 3 is 2.03 bits per heavy atom. The van der Waals surface area contributed by atoms with Crippen LogP contribution in [0.4, 0.5) is 8.78 Å². The molecule has 0 amide bonds. The predicted octanol–water partition coefficient (Wildman–Crippen LogP) is 1.37. The van der Waals surface area contributed by atoms with Crippen LogP contribution in [0.15, 0.2) is 82.5 Å². The van der Waals surface area contributed by atoms with Crippen molar-refractivity contribution in [2.45, 2.75) is 49.7 Å². The summed E-state index contributed by atoms with van der Waals surface area (Å²) in [5.41, 5.74) is -4.16. The maximum Gasteiger partial charge on any atom is 0.330 e. The van der Waals surface area contributed by atoms with Crippen LogP contribution < -0.4 is 21.6 Å². The lowest BCUT2D eigenvalue weighted by Crippen LogP contribution is -2.68. The highest BCUT2D eigenvalue weighted by Gasteiger charge is 2.67. The molecule has 3 atom stereocenters. The number of benzene rings is 2. The van der Waals surface area contributed by atoms with Gasteiger partial charge in [-0.1, -0.05) is 81.4 Å². The number of rotatable bonds is 7. The Kier molecular flexibility index (Phi) is 7.12. The quantitative estimate of drug-likeness (QED) is 0.396. The molecule has 3 aromatic rings. The second kappa shape index (κ2) is 9.73. The molecule has 1 fully saturated rings. The Hall–Kier alpha value is -2.96. The largest absolute Gasteiger partial charge is 0.404 e. The lowest BCUT2D eigenvalue weighted by atomic mass is 9.96. The van der Waals surface area contributed by atoms with Gasteiger partial charge in [-0.15, -0.1) is 0 Å². The first-order valence-electron chi connectivity index (χ1n) is 11.8. The summed E-state index contributed by atoms with van der Waals surface area (Å²) in [5.74, 6) is -3.99. The highest BCUT2D eigenvalue weighted by molar-refractivity contribution is 6.99. The molecule has 0 saturated carbocycles. The van der Waals surface area contributed by atoms with Crippen LogP contribution in [0, 0.1) is 0 Å². The summed E-state index contributed by atoms with van der Waals surface area (Å²) >= 11 is 0. The molecule has 8 nitrogen and oxygen atoms in total. The average molecular weight is 533 g/mol. The molecule has 0 spiro atoms. The SMILES string of the molecule is CC(C)(C)[Si](OC[C@@]1(CO)O[C@@H](n2ccc(=O)[nH]c2=O)C(F)(F)[C@@H]1O)(c1ccccc1)c1ccccc1. The molecule has 198 valence electrons. The van der Waals surface area contributed by atoms with Gasteiger partial charge < -0.3 is 19.4 Å². The van der Waals surface area contributed by atoms with E-state index in [-0.39, 0.29) is 0 Å². The van der Waals surface area contributed by atoms with E-state index in [2.05, 4.69) is 0 Å². The van der Waals surface area contributed by atoms with Gasteiger partial charge in [0.25, 0.3) is 13.9 Å². The van der Waals surface area contributed by atoms with Gasteiger partial charge in [-0.3, -0.25) is 14.3 Å². The minimum atomic E-state index is -3.99. The molecule has 1 saturated heterocycles. The van der Waals surface area contributed by atoms with E-state index in [4.69, 9.17) is 9.16 Å². The number of nitrogens with one attached hydrogen (secondary N) is 1. The fourth-order valence-corrected chi connectivity index (χ4v) is 9.60. The lowest BCUT2D eigenvalue weighted by molar-refractivity contribution is -0.152. The zero-order chi connectivity index (χ0) is 27.1. The number of aromatic amines is 1. The summed E-state index contributed by atoms with van der Waals surface area (Å²) in [6.07, 6.45) is -3.92. The van der Waals surface area contributed by atoms with E-state index < -0.39 is 61.7 Å². The summed E-state index contributed by atoms with van der Waals surface area (Å²) in [6.45, 7) is 4.40. The number of ether oxygens (including phenoxy) is 1. The fraction of sp³-hybridized carbons (Fsp3) is 0.385. The van der Waals surface area contributed by atoms with Gasteiger partial charge in [0.1, 0.15) is 5.60 Å². The van der Waals surface area contributed by atoms with Crippen molar-refractivity contribution >= 4 is 18.7 Å². The smallest absolute Gasteiger partial charge is 0.330 e. The van der Waals surface area contributed by atoms with E-state index in [1.807, 2.05) is 86.4 Å². The van der Waals surface area contributed by atoms with Gasteiger partial charge in [0, 0.05) is 12.3 Å². The molecule has 0 unspecified atom stereocenters. The van der Waals surface area contributed by atoms with Gasteiger partial charge in [0.05, 0.1) is 13.2 Å². The van der Waals surface area contributed by atoms with Crippen molar-refractivity contribution in [2.75, 3.05) is 13.2 Å². The summed E-state index contributed by atoms with van der Waals surface area (Å²) in [6, 6.07) is 19.7. The maximum absolute atomic E-state index is 15.4. The Bertz CT molecular complexity index is 1300. The normalized spacial score (nSPS) is 23.8. The number of hydrogen-bond donors (Lipinski definition) is 3. The molecule has 4 rings (SSSR count). The fourth-order valence-electron chi connectivity index (χ4n) is 4.98. The molecule has 0 aliphatic carbocycles. The average Bonchev–Trinajstić information content (AvgIpc) is 3.06. The maximum atomic E-state index is 15.4. The zero-order valence-corrected chi connectivity index (χ0v) is 21.7. The first-order valence-corrected chi connectivity index (χ1v) is 13.7. The number of H-pyrrole nitrogens is 1. The molecule has 0 radical (unpaired) electrons. The van der Waals surface area contributed by atoms with Crippen molar-refractivity contribution in [3.63, 3.8) is 0 Å². The van der Waals surface area contributed by atoms with Crippen molar-refractivity contribution in [1.29, 1.82) is 0 Å². The van der Waals surface area contributed by atoms with E-state index in [1.165, 1.54) is 0 Å². The van der Waals surface area contributed by atoms with Crippen LogP contribution >= 0.6 is 0 Å². The monoisotopic (exact) mass is 532 g/mol. The third kappa shape index (κ3) is 4.51. The van der Waals surface area contributed by atoms with Gasteiger partial charge in [0.2, 0.25) is 6.23 Å². The first kappa shape index (κ1) is 27.1. The van der Waals surface area contributed by atoms with Crippen molar-refractivity contribution in [2.24, 2.45) is 0 Å². The summed E-state index contributed by atoms with van der Waals surface area (Å²) in [5, 5.41) is 22.3. The molecule has 0 bridgehead atoms.